The van der Waals surface area contributed by atoms with Crippen LogP contribution in [0.4, 0.5) is 19.0 Å². The first-order valence-electron chi connectivity index (χ1n) is 5.46. The van der Waals surface area contributed by atoms with Gasteiger partial charge in [0.25, 0.3) is 0 Å². The Morgan fingerprint density at radius 1 is 1.44 bits per heavy atom. The molecule has 0 atom stereocenters. The lowest BCUT2D eigenvalue weighted by atomic mass is 10.3. The second-order valence-corrected chi connectivity index (χ2v) is 3.83. The number of nitrogen functional groups attached to an aromatic ring is 1. The van der Waals surface area contributed by atoms with E-state index in [0.29, 0.717) is 6.42 Å². The number of hydrogen-bond donors (Lipinski definition) is 2. The lowest BCUT2D eigenvalue weighted by molar-refractivity contribution is -0.119. The number of alkyl halides is 3. The Kier molecular flexibility index (Phi) is 4.52. The van der Waals surface area contributed by atoms with Gasteiger partial charge in [0.15, 0.2) is 0 Å². The summed E-state index contributed by atoms with van der Waals surface area (Å²) in [5.74, 6) is -0.0813. The van der Waals surface area contributed by atoms with Crippen molar-refractivity contribution in [3.63, 3.8) is 0 Å². The molecule has 0 radical (unpaired) electrons. The van der Waals surface area contributed by atoms with Crippen LogP contribution in [0.3, 0.4) is 0 Å². The van der Waals surface area contributed by atoms with Gasteiger partial charge in [-0.05, 0) is 18.6 Å². The normalized spacial score (nSPS) is 11.3. The monoisotopic (exact) mass is 260 g/mol. The maximum Gasteiger partial charge on any atom is 0.405 e. The van der Waals surface area contributed by atoms with Gasteiger partial charge in [0.1, 0.15) is 23.9 Å². The first kappa shape index (κ1) is 14.3. The van der Waals surface area contributed by atoms with Gasteiger partial charge in [-0.1, -0.05) is 13.0 Å². The molecule has 0 spiro atoms. The number of nitrogens with zero attached hydrogens (tertiary/aromatic N) is 2. The minimum atomic E-state index is -4.29. The Labute approximate surface area is 103 Å². The predicted octanol–water partition coefficient (Wildman–Crippen LogP) is 2.14. The molecule has 0 unspecified atom stereocenters. The van der Waals surface area contributed by atoms with Gasteiger partial charge >= 0.3 is 6.18 Å². The topological polar surface area (TPSA) is 66.0 Å². The van der Waals surface area contributed by atoms with Crippen LogP contribution in [0.25, 0.3) is 0 Å². The number of nitrogens with two attached hydrogens (primary N) is 1. The Bertz CT molecular complexity index is 417. The summed E-state index contributed by atoms with van der Waals surface area (Å²) in [6.45, 7) is 0.973. The number of pyridine rings is 1. The van der Waals surface area contributed by atoms with Crippen molar-refractivity contribution in [1.29, 1.82) is 5.41 Å². The molecule has 1 rings (SSSR count). The van der Waals surface area contributed by atoms with Gasteiger partial charge in [-0.25, -0.2) is 4.98 Å². The molecule has 0 bridgehead atoms. The number of amidine groups is 1. The van der Waals surface area contributed by atoms with Crippen molar-refractivity contribution in [2.24, 2.45) is 5.73 Å². The van der Waals surface area contributed by atoms with Gasteiger partial charge < -0.3 is 10.6 Å². The molecule has 0 fully saturated rings. The summed E-state index contributed by atoms with van der Waals surface area (Å²) in [5, 5.41) is 7.23. The van der Waals surface area contributed by atoms with E-state index in [2.05, 4.69) is 4.98 Å². The molecule has 0 aliphatic rings. The lowest BCUT2D eigenvalue weighted by Crippen LogP contribution is -2.35. The van der Waals surface area contributed by atoms with Crippen molar-refractivity contribution in [2.45, 2.75) is 19.5 Å². The highest BCUT2D eigenvalue weighted by molar-refractivity contribution is 5.93. The molecule has 18 heavy (non-hydrogen) atoms. The second-order valence-electron chi connectivity index (χ2n) is 3.83. The van der Waals surface area contributed by atoms with Gasteiger partial charge in [-0.3, -0.25) is 5.41 Å². The van der Waals surface area contributed by atoms with Crippen LogP contribution in [-0.4, -0.2) is 30.1 Å². The van der Waals surface area contributed by atoms with E-state index in [1.165, 1.54) is 18.2 Å². The molecule has 0 aliphatic heterocycles. The third-order valence-electron chi connectivity index (χ3n) is 2.20. The van der Waals surface area contributed by atoms with Crippen LogP contribution in [0.1, 0.15) is 19.0 Å². The minimum absolute atomic E-state index is 0.177. The van der Waals surface area contributed by atoms with Crippen molar-refractivity contribution in [3.05, 3.63) is 23.9 Å². The Morgan fingerprint density at radius 2 is 2.11 bits per heavy atom. The molecular formula is C11H15F3N4. The average Bonchev–Trinajstić information content (AvgIpc) is 2.27. The summed E-state index contributed by atoms with van der Waals surface area (Å²) >= 11 is 0. The highest BCUT2D eigenvalue weighted by Gasteiger charge is 2.31. The number of aromatic nitrogens is 1. The molecule has 1 aromatic heterocycles. The van der Waals surface area contributed by atoms with E-state index < -0.39 is 12.7 Å². The van der Waals surface area contributed by atoms with Crippen LogP contribution < -0.4 is 10.6 Å². The molecular weight excluding hydrogens is 245 g/mol. The van der Waals surface area contributed by atoms with Crippen LogP contribution in [0.5, 0.6) is 0 Å². The average molecular weight is 260 g/mol. The maximum absolute atomic E-state index is 12.4. The van der Waals surface area contributed by atoms with Gasteiger partial charge in [0.05, 0.1) is 0 Å². The highest BCUT2D eigenvalue weighted by atomic mass is 19.4. The van der Waals surface area contributed by atoms with E-state index in [-0.39, 0.29) is 23.9 Å². The largest absolute Gasteiger partial charge is 0.405 e. The molecule has 1 heterocycles. The summed E-state index contributed by atoms with van der Waals surface area (Å²) in [7, 11) is 0. The molecule has 0 amide bonds. The van der Waals surface area contributed by atoms with Crippen molar-refractivity contribution in [2.75, 3.05) is 18.0 Å². The third kappa shape index (κ3) is 4.23. The van der Waals surface area contributed by atoms with E-state index >= 15 is 0 Å². The Morgan fingerprint density at radius 3 is 2.61 bits per heavy atom. The summed E-state index contributed by atoms with van der Waals surface area (Å²) in [6, 6.07) is 4.51. The zero-order chi connectivity index (χ0) is 13.8. The molecule has 4 nitrogen and oxygen atoms in total. The van der Waals surface area contributed by atoms with Crippen molar-refractivity contribution >= 4 is 11.7 Å². The minimum Gasteiger partial charge on any atom is -0.382 e. The first-order valence-corrected chi connectivity index (χ1v) is 5.46. The van der Waals surface area contributed by atoms with Crippen molar-refractivity contribution in [1.82, 2.24) is 4.98 Å². The summed E-state index contributed by atoms with van der Waals surface area (Å²) < 4.78 is 37.3. The van der Waals surface area contributed by atoms with E-state index in [0.717, 1.165) is 4.90 Å². The van der Waals surface area contributed by atoms with Gasteiger partial charge in [0.2, 0.25) is 0 Å². The molecule has 0 saturated carbocycles. The van der Waals surface area contributed by atoms with Crippen LogP contribution >= 0.6 is 0 Å². The van der Waals surface area contributed by atoms with Crippen LogP contribution in [0.15, 0.2) is 18.2 Å². The van der Waals surface area contributed by atoms with Gasteiger partial charge in [-0.15, -0.1) is 0 Å². The van der Waals surface area contributed by atoms with E-state index in [1.54, 1.807) is 6.92 Å². The number of hydrogen-bond acceptors (Lipinski definition) is 3. The van der Waals surface area contributed by atoms with Crippen molar-refractivity contribution < 1.29 is 13.2 Å². The third-order valence-corrected chi connectivity index (χ3v) is 2.20. The number of anilines is 1. The standard InChI is InChI=1S/C11H15F3N4/c1-2-6-18(7-11(12,13)14)9-5-3-4-8(17-9)10(15)16/h3-5H,2,6-7H2,1H3,(H3,15,16). The predicted molar refractivity (Wildman–Crippen MR) is 63.8 cm³/mol. The van der Waals surface area contributed by atoms with E-state index in [9.17, 15) is 13.2 Å². The van der Waals surface area contributed by atoms with Crippen molar-refractivity contribution in [3.8, 4) is 0 Å². The molecule has 7 heteroatoms. The van der Waals surface area contributed by atoms with Crippen LogP contribution in [-0.2, 0) is 0 Å². The van der Waals surface area contributed by atoms with Crippen LogP contribution in [0, 0.1) is 5.41 Å². The first-order chi connectivity index (χ1) is 8.33. The SMILES string of the molecule is CCCN(CC(F)(F)F)c1cccc(C(=N)N)n1. The molecule has 100 valence electrons. The summed E-state index contributed by atoms with van der Waals surface area (Å²) in [5.41, 5.74) is 5.44. The molecule has 0 aliphatic carbocycles. The Hall–Kier alpha value is -1.79. The highest BCUT2D eigenvalue weighted by Crippen LogP contribution is 2.21. The molecule has 3 N–H and O–H groups in total. The molecule has 0 aromatic carbocycles. The maximum atomic E-state index is 12.4. The Balaban J connectivity index is 2.98. The molecule has 0 saturated heterocycles. The zero-order valence-corrected chi connectivity index (χ0v) is 9.96. The second kappa shape index (κ2) is 5.70. The summed E-state index contributed by atoms with van der Waals surface area (Å²) in [4.78, 5) is 5.08. The number of nitrogens with one attached hydrogen (secondary N) is 1. The van der Waals surface area contributed by atoms with Gasteiger partial charge in [-0.2, -0.15) is 13.2 Å². The van der Waals surface area contributed by atoms with E-state index in [4.69, 9.17) is 11.1 Å². The van der Waals surface area contributed by atoms with Gasteiger partial charge in [0, 0.05) is 6.54 Å². The summed E-state index contributed by atoms with van der Waals surface area (Å²) in [6.07, 6.45) is -3.72. The zero-order valence-electron chi connectivity index (χ0n) is 9.96. The van der Waals surface area contributed by atoms with E-state index in [1.807, 2.05) is 0 Å². The number of rotatable bonds is 5. The smallest absolute Gasteiger partial charge is 0.382 e. The quantitative estimate of drug-likeness (QED) is 0.629. The van der Waals surface area contributed by atoms with Crippen LogP contribution in [0.2, 0.25) is 0 Å². The fourth-order valence-electron chi connectivity index (χ4n) is 1.51. The number of halogens is 3. The fraction of sp³-hybridized carbons (Fsp3) is 0.455. The fourth-order valence-corrected chi connectivity index (χ4v) is 1.51. The molecule has 1 aromatic rings. The lowest BCUT2D eigenvalue weighted by Gasteiger charge is -2.24.